The fraction of sp³-hybridized carbons (Fsp3) is 0.417. The van der Waals surface area contributed by atoms with Gasteiger partial charge in [-0.1, -0.05) is 49.6 Å². The minimum Gasteiger partial charge on any atom is -0.350 e. The Hall–Kier alpha value is -2.37. The van der Waals surface area contributed by atoms with Gasteiger partial charge in [0, 0.05) is 17.7 Å². The van der Waals surface area contributed by atoms with Crippen molar-refractivity contribution in [3.63, 3.8) is 0 Å². The molecule has 1 atom stereocenters. The van der Waals surface area contributed by atoms with Gasteiger partial charge in [-0.25, -0.2) is 0 Å². The largest absolute Gasteiger partial charge is 0.350 e. The first-order chi connectivity index (χ1) is 14.0. The second kappa shape index (κ2) is 11.1. The van der Waals surface area contributed by atoms with Crippen LogP contribution in [0.3, 0.4) is 0 Å². The van der Waals surface area contributed by atoms with Crippen LogP contribution in [0, 0.1) is 5.41 Å². The summed E-state index contributed by atoms with van der Waals surface area (Å²) < 4.78 is 0. The van der Waals surface area contributed by atoms with E-state index in [2.05, 4.69) is 10.6 Å². The summed E-state index contributed by atoms with van der Waals surface area (Å²) in [4.78, 5) is 25.0. The van der Waals surface area contributed by atoms with Crippen molar-refractivity contribution < 1.29 is 9.59 Å². The number of amides is 2. The molecule has 2 amide bonds. The number of rotatable bonds is 7. The minimum absolute atomic E-state index is 0. The molecule has 4 N–H and O–H groups in total. The quantitative estimate of drug-likeness (QED) is 0.588. The van der Waals surface area contributed by atoms with Crippen LogP contribution in [0.4, 0.5) is 5.69 Å². The predicted molar refractivity (Wildman–Crippen MR) is 124 cm³/mol. The number of anilines is 1. The Labute approximate surface area is 185 Å². The highest BCUT2D eigenvalue weighted by Crippen LogP contribution is 2.38. The molecule has 0 radical (unpaired) electrons. The summed E-state index contributed by atoms with van der Waals surface area (Å²) >= 11 is 0. The molecule has 1 unspecified atom stereocenters. The van der Waals surface area contributed by atoms with E-state index in [0.717, 1.165) is 31.2 Å². The molecular weight excluding hydrogens is 398 g/mol. The van der Waals surface area contributed by atoms with Crippen molar-refractivity contribution in [1.29, 1.82) is 0 Å². The number of nitrogens with one attached hydrogen (secondary N) is 2. The highest BCUT2D eigenvalue weighted by atomic mass is 35.5. The lowest BCUT2D eigenvalue weighted by atomic mass is 9.71. The van der Waals surface area contributed by atoms with E-state index in [1.54, 1.807) is 12.1 Å². The molecule has 2 aromatic rings. The third kappa shape index (κ3) is 6.31. The van der Waals surface area contributed by atoms with E-state index in [9.17, 15) is 9.59 Å². The van der Waals surface area contributed by atoms with E-state index >= 15 is 0 Å². The van der Waals surface area contributed by atoms with Crippen LogP contribution in [-0.4, -0.2) is 18.4 Å². The second-order valence-corrected chi connectivity index (χ2v) is 8.18. The van der Waals surface area contributed by atoms with Crippen molar-refractivity contribution in [3.05, 3.63) is 65.7 Å². The summed E-state index contributed by atoms with van der Waals surface area (Å²) in [6.45, 7) is 2.53. The van der Waals surface area contributed by atoms with Gasteiger partial charge < -0.3 is 16.4 Å². The predicted octanol–water partition coefficient (Wildman–Crippen LogP) is 4.84. The first-order valence-corrected chi connectivity index (χ1v) is 10.5. The van der Waals surface area contributed by atoms with Crippen molar-refractivity contribution in [2.75, 3.05) is 11.9 Å². The molecule has 0 spiro atoms. The molecule has 1 saturated carbocycles. The van der Waals surface area contributed by atoms with E-state index in [4.69, 9.17) is 5.73 Å². The average molecular weight is 430 g/mol. The third-order valence-electron chi connectivity index (χ3n) is 5.94. The van der Waals surface area contributed by atoms with Crippen LogP contribution in [0.15, 0.2) is 54.6 Å². The Kier molecular flexibility index (Phi) is 8.88. The van der Waals surface area contributed by atoms with Gasteiger partial charge in [-0.05, 0) is 61.6 Å². The van der Waals surface area contributed by atoms with Crippen molar-refractivity contribution in [2.45, 2.75) is 51.5 Å². The van der Waals surface area contributed by atoms with Crippen LogP contribution in [0.1, 0.15) is 67.4 Å². The molecule has 3 rings (SSSR count). The maximum Gasteiger partial charge on any atom is 0.255 e. The Morgan fingerprint density at radius 3 is 2.40 bits per heavy atom. The SMILES string of the molecule is CC(NC(=O)CC1(CN)CCCCC1)c1cccc(NC(=O)c2ccccc2)c1.Cl. The van der Waals surface area contributed by atoms with Crippen molar-refractivity contribution >= 4 is 29.9 Å². The summed E-state index contributed by atoms with van der Waals surface area (Å²) in [6, 6.07) is 16.6. The molecule has 1 aliphatic rings. The molecule has 0 heterocycles. The molecule has 30 heavy (non-hydrogen) atoms. The van der Waals surface area contributed by atoms with Gasteiger partial charge in [0.25, 0.3) is 5.91 Å². The molecule has 0 bridgehead atoms. The molecule has 1 fully saturated rings. The zero-order valence-electron chi connectivity index (χ0n) is 17.5. The van der Waals surface area contributed by atoms with Gasteiger partial charge in [-0.2, -0.15) is 0 Å². The number of halogens is 1. The fourth-order valence-corrected chi connectivity index (χ4v) is 4.15. The lowest BCUT2D eigenvalue weighted by Crippen LogP contribution is -2.39. The Bertz CT molecular complexity index is 835. The molecule has 2 aromatic carbocycles. The number of hydrogen-bond donors (Lipinski definition) is 3. The number of nitrogens with two attached hydrogens (primary N) is 1. The lowest BCUT2D eigenvalue weighted by Gasteiger charge is -2.36. The number of carbonyl (C=O) groups is 2. The normalized spacial score (nSPS) is 16.1. The Morgan fingerprint density at radius 1 is 1.03 bits per heavy atom. The maximum absolute atomic E-state index is 12.7. The van der Waals surface area contributed by atoms with Crippen molar-refractivity contribution in [2.24, 2.45) is 11.1 Å². The standard InChI is InChI=1S/C24H31N3O2.ClH/c1-18(26-22(28)16-24(17-25)13-6-3-7-14-24)20-11-8-12-21(15-20)27-23(29)19-9-4-2-5-10-19;/h2,4-5,8-12,15,18H,3,6-7,13-14,16-17,25H2,1H3,(H,26,28)(H,27,29);1H. The van der Waals surface area contributed by atoms with Gasteiger partial charge in [-0.3, -0.25) is 9.59 Å². The van der Waals surface area contributed by atoms with Gasteiger partial charge in [-0.15, -0.1) is 12.4 Å². The molecule has 0 aromatic heterocycles. The van der Waals surface area contributed by atoms with Crippen molar-refractivity contribution in [1.82, 2.24) is 5.32 Å². The van der Waals surface area contributed by atoms with Gasteiger partial charge in [0.2, 0.25) is 5.91 Å². The molecule has 1 aliphatic carbocycles. The van der Waals surface area contributed by atoms with E-state index in [1.165, 1.54) is 6.42 Å². The summed E-state index contributed by atoms with van der Waals surface area (Å²) in [5.41, 5.74) is 8.25. The first kappa shape index (κ1) is 23.9. The van der Waals surface area contributed by atoms with Crippen LogP contribution < -0.4 is 16.4 Å². The van der Waals surface area contributed by atoms with Crippen LogP contribution in [0.5, 0.6) is 0 Å². The van der Waals surface area contributed by atoms with E-state index in [0.29, 0.717) is 24.2 Å². The molecule has 162 valence electrons. The number of carbonyl (C=O) groups excluding carboxylic acids is 2. The molecule has 6 heteroatoms. The smallest absolute Gasteiger partial charge is 0.255 e. The van der Waals surface area contributed by atoms with Gasteiger partial charge >= 0.3 is 0 Å². The molecule has 0 saturated heterocycles. The molecule has 0 aliphatic heterocycles. The second-order valence-electron chi connectivity index (χ2n) is 8.18. The molecule has 5 nitrogen and oxygen atoms in total. The molecular formula is C24H32ClN3O2. The van der Waals surface area contributed by atoms with Crippen LogP contribution >= 0.6 is 12.4 Å². The zero-order valence-corrected chi connectivity index (χ0v) is 18.3. The third-order valence-corrected chi connectivity index (χ3v) is 5.94. The fourth-order valence-electron chi connectivity index (χ4n) is 4.15. The highest BCUT2D eigenvalue weighted by Gasteiger charge is 2.33. The van der Waals surface area contributed by atoms with Gasteiger partial charge in [0.15, 0.2) is 0 Å². The monoisotopic (exact) mass is 429 g/mol. The summed E-state index contributed by atoms with van der Waals surface area (Å²) in [7, 11) is 0. The van der Waals surface area contributed by atoms with Crippen LogP contribution in [0.25, 0.3) is 0 Å². The minimum atomic E-state index is -0.151. The summed E-state index contributed by atoms with van der Waals surface area (Å²) in [5, 5.41) is 6.03. The number of benzene rings is 2. The van der Waals surface area contributed by atoms with E-state index in [-0.39, 0.29) is 35.7 Å². The average Bonchev–Trinajstić information content (AvgIpc) is 2.75. The number of hydrogen-bond acceptors (Lipinski definition) is 3. The highest BCUT2D eigenvalue weighted by molar-refractivity contribution is 6.04. The maximum atomic E-state index is 12.7. The topological polar surface area (TPSA) is 84.2 Å². The van der Waals surface area contributed by atoms with Crippen molar-refractivity contribution in [3.8, 4) is 0 Å². The summed E-state index contributed by atoms with van der Waals surface area (Å²) in [6.07, 6.45) is 6.10. The zero-order chi connectivity index (χ0) is 20.7. The van der Waals surface area contributed by atoms with Gasteiger partial charge in [0.05, 0.1) is 6.04 Å². The first-order valence-electron chi connectivity index (χ1n) is 10.5. The van der Waals surface area contributed by atoms with Gasteiger partial charge in [0.1, 0.15) is 0 Å². The Morgan fingerprint density at radius 2 is 1.73 bits per heavy atom. The summed E-state index contributed by atoms with van der Waals surface area (Å²) in [5.74, 6) is -0.106. The van der Waals surface area contributed by atoms with E-state index < -0.39 is 0 Å². The Balaban J connectivity index is 0.00000320. The van der Waals surface area contributed by atoms with Crippen LogP contribution in [-0.2, 0) is 4.79 Å². The van der Waals surface area contributed by atoms with Crippen LogP contribution in [0.2, 0.25) is 0 Å². The van der Waals surface area contributed by atoms with E-state index in [1.807, 2.05) is 49.4 Å². The lowest BCUT2D eigenvalue weighted by molar-refractivity contribution is -0.124.